The Balaban J connectivity index is 2.25. The summed E-state index contributed by atoms with van der Waals surface area (Å²) in [5.74, 6) is -1.92. The zero-order chi connectivity index (χ0) is 18.2. The molecule has 0 spiro atoms. The average Bonchev–Trinajstić information content (AvgIpc) is 2.57. The van der Waals surface area contributed by atoms with Crippen LogP contribution in [0.3, 0.4) is 0 Å². The third-order valence-corrected chi connectivity index (χ3v) is 12.0. The maximum atomic E-state index is 12.9. The van der Waals surface area contributed by atoms with Crippen LogP contribution in [0.25, 0.3) is 0 Å². The van der Waals surface area contributed by atoms with E-state index in [0.29, 0.717) is 6.42 Å². The maximum Gasteiger partial charge on any atom is 0.314 e. The number of carbonyl (C=O) groups is 2. The highest BCUT2D eigenvalue weighted by molar-refractivity contribution is 7.07. The van der Waals surface area contributed by atoms with E-state index >= 15 is 0 Å². The van der Waals surface area contributed by atoms with E-state index in [9.17, 15) is 14.7 Å². The molecule has 3 rings (SSSR count). The highest BCUT2D eigenvalue weighted by Gasteiger charge is 2.62. The Hall–Kier alpha value is -2.20. The first-order valence-corrected chi connectivity index (χ1v) is 10.8. The molecule has 1 aliphatic carbocycles. The van der Waals surface area contributed by atoms with E-state index < -0.39 is 20.0 Å². The fourth-order valence-corrected chi connectivity index (χ4v) is 11.1. The zero-order valence-electron chi connectivity index (χ0n) is 14.9. The van der Waals surface area contributed by atoms with E-state index in [2.05, 4.69) is 45.0 Å². The van der Waals surface area contributed by atoms with Crippen molar-refractivity contribution in [1.29, 1.82) is 0 Å². The molecule has 1 fully saturated rings. The van der Waals surface area contributed by atoms with Crippen molar-refractivity contribution in [2.45, 2.75) is 37.8 Å². The fraction of sp³-hybridized carbons (Fsp3) is 0.333. The highest BCUT2D eigenvalue weighted by atomic mass is 28.3. The number of carboxylic acid groups (broad SMARTS) is 1. The first kappa shape index (κ1) is 17.6. The van der Waals surface area contributed by atoms with Crippen molar-refractivity contribution in [3.05, 3.63) is 60.7 Å². The van der Waals surface area contributed by atoms with Gasteiger partial charge in [0.2, 0.25) is 0 Å². The molecule has 1 N–H and O–H groups in total. The molecule has 0 aromatic heterocycles. The third-order valence-electron chi connectivity index (χ3n) is 5.62. The van der Waals surface area contributed by atoms with E-state index in [0.717, 1.165) is 0 Å². The van der Waals surface area contributed by atoms with Crippen LogP contribution in [0, 0.1) is 5.92 Å². The van der Waals surface area contributed by atoms with Crippen molar-refractivity contribution in [2.75, 3.05) is 0 Å². The topological polar surface area (TPSA) is 54.4 Å². The number of ketones is 1. The predicted octanol–water partition coefficient (Wildman–Crippen LogP) is 3.09. The third kappa shape index (κ3) is 2.65. The van der Waals surface area contributed by atoms with E-state index in [-0.39, 0.29) is 16.4 Å². The summed E-state index contributed by atoms with van der Waals surface area (Å²) in [7, 11) is -2.53. The molecule has 0 radical (unpaired) electrons. The lowest BCUT2D eigenvalue weighted by molar-refractivity contribution is -0.151. The number of rotatable bonds is 4. The van der Waals surface area contributed by atoms with E-state index in [1.54, 1.807) is 0 Å². The summed E-state index contributed by atoms with van der Waals surface area (Å²) in [5.41, 5.74) is -0.196. The molecule has 0 saturated heterocycles. The van der Waals surface area contributed by atoms with Gasteiger partial charge in [0.15, 0.2) is 0 Å². The Morgan fingerprint density at radius 2 is 1.40 bits per heavy atom. The number of carbonyl (C=O) groups excluding carboxylic acids is 1. The molecule has 2 unspecified atom stereocenters. The van der Waals surface area contributed by atoms with Crippen LogP contribution in [0.15, 0.2) is 60.7 Å². The van der Waals surface area contributed by atoms with Crippen LogP contribution in [-0.4, -0.2) is 24.9 Å². The van der Waals surface area contributed by atoms with Gasteiger partial charge in [0.1, 0.15) is 19.8 Å². The monoisotopic (exact) mass is 352 g/mol. The summed E-state index contributed by atoms with van der Waals surface area (Å²) in [6.45, 7) is 6.59. The molecule has 2 aromatic carbocycles. The molecular formula is C21H24O3Si. The normalized spacial score (nSPS) is 20.8. The van der Waals surface area contributed by atoms with Gasteiger partial charge in [0.05, 0.1) is 0 Å². The highest BCUT2D eigenvalue weighted by Crippen LogP contribution is 2.51. The van der Waals surface area contributed by atoms with Crippen molar-refractivity contribution in [2.24, 2.45) is 5.92 Å². The molecule has 0 bridgehead atoms. The van der Waals surface area contributed by atoms with Crippen molar-refractivity contribution >= 4 is 30.2 Å². The number of aliphatic carboxylic acids is 1. The van der Waals surface area contributed by atoms with E-state index in [1.165, 1.54) is 10.4 Å². The Labute approximate surface area is 149 Å². The maximum absolute atomic E-state index is 12.9. The molecule has 4 heteroatoms. The van der Waals surface area contributed by atoms with E-state index in [1.807, 2.05) is 36.4 Å². The molecule has 2 atom stereocenters. The van der Waals surface area contributed by atoms with Gasteiger partial charge >= 0.3 is 5.97 Å². The molecule has 3 nitrogen and oxygen atoms in total. The van der Waals surface area contributed by atoms with Gasteiger partial charge in [-0.15, -0.1) is 0 Å². The van der Waals surface area contributed by atoms with Crippen molar-refractivity contribution in [3.63, 3.8) is 0 Å². The van der Waals surface area contributed by atoms with Crippen LogP contribution in [0.5, 0.6) is 0 Å². The van der Waals surface area contributed by atoms with Crippen LogP contribution < -0.4 is 10.4 Å². The lowest BCUT2D eigenvalue weighted by atomic mass is 9.83. The summed E-state index contributed by atoms with van der Waals surface area (Å²) in [6.07, 6.45) is 0.446. The van der Waals surface area contributed by atoms with Crippen molar-refractivity contribution < 1.29 is 14.7 Å². The van der Waals surface area contributed by atoms with Crippen molar-refractivity contribution in [1.82, 2.24) is 0 Å². The van der Waals surface area contributed by atoms with Crippen LogP contribution in [-0.2, 0) is 9.59 Å². The minimum atomic E-state index is -2.53. The minimum absolute atomic E-state index is 0.0956. The Morgan fingerprint density at radius 1 is 0.960 bits per heavy atom. The lowest BCUT2D eigenvalue weighted by Crippen LogP contribution is -2.71. The number of Topliss-reactive ketones (excluding diaryl/α,β-unsaturated/α-hetero) is 1. The van der Waals surface area contributed by atoms with Gasteiger partial charge in [-0.3, -0.25) is 9.59 Å². The molecule has 130 valence electrons. The molecule has 2 aromatic rings. The molecule has 0 amide bonds. The molecule has 0 aliphatic heterocycles. The Bertz CT molecular complexity index is 738. The van der Waals surface area contributed by atoms with E-state index in [4.69, 9.17) is 0 Å². The molecule has 1 aliphatic rings. The average molecular weight is 353 g/mol. The second kappa shape index (κ2) is 6.26. The van der Waals surface area contributed by atoms with Gasteiger partial charge in [-0.25, -0.2) is 0 Å². The second-order valence-electron chi connectivity index (χ2n) is 7.87. The molecule has 1 saturated carbocycles. The van der Waals surface area contributed by atoms with Crippen LogP contribution in [0.2, 0.25) is 10.6 Å². The summed E-state index contributed by atoms with van der Waals surface area (Å²) in [6, 6.07) is 20.5. The Morgan fingerprint density at radius 3 is 1.72 bits per heavy atom. The van der Waals surface area contributed by atoms with Gasteiger partial charge in [-0.05, 0) is 11.5 Å². The minimum Gasteiger partial charge on any atom is -0.481 e. The van der Waals surface area contributed by atoms with Gasteiger partial charge in [-0.2, -0.15) is 0 Å². The molecule has 0 heterocycles. The second-order valence-corrected chi connectivity index (χ2v) is 12.8. The smallest absolute Gasteiger partial charge is 0.314 e. The van der Waals surface area contributed by atoms with Gasteiger partial charge in [-0.1, -0.05) is 91.8 Å². The van der Waals surface area contributed by atoms with Crippen molar-refractivity contribution in [3.8, 4) is 0 Å². The fourth-order valence-electron chi connectivity index (χ4n) is 4.52. The van der Waals surface area contributed by atoms with Crippen LogP contribution in [0.1, 0.15) is 27.2 Å². The zero-order valence-corrected chi connectivity index (χ0v) is 15.9. The summed E-state index contributed by atoms with van der Waals surface area (Å²) < 4.78 is 0. The van der Waals surface area contributed by atoms with Gasteiger partial charge in [0.25, 0.3) is 0 Å². The van der Waals surface area contributed by atoms with Gasteiger partial charge in [0, 0.05) is 5.54 Å². The predicted molar refractivity (Wildman–Crippen MR) is 102 cm³/mol. The Kier molecular flexibility index (Phi) is 4.41. The summed E-state index contributed by atoms with van der Waals surface area (Å²) in [5, 5.41) is 11.6. The first-order chi connectivity index (χ1) is 11.8. The van der Waals surface area contributed by atoms with Gasteiger partial charge < -0.3 is 5.11 Å². The molecule has 25 heavy (non-hydrogen) atoms. The van der Waals surface area contributed by atoms with Crippen LogP contribution >= 0.6 is 0 Å². The molecular weight excluding hydrogens is 328 g/mol. The largest absolute Gasteiger partial charge is 0.481 e. The van der Waals surface area contributed by atoms with Crippen LogP contribution in [0.4, 0.5) is 0 Å². The SMILES string of the molecule is CC(C)(C)[Si](c1ccccc1)(c1ccccc1)C1CC(C(=O)O)C1=O. The standard InChI is InChI=1S/C21H24O3Si/c1-21(2,3)25(15-10-6-4-7-11-15,16-12-8-5-9-13-16)18-14-17(19(18)22)20(23)24/h4-13,17-18H,14H2,1-3H3,(H,23,24). The summed E-state index contributed by atoms with van der Waals surface area (Å²) in [4.78, 5) is 24.3. The summed E-state index contributed by atoms with van der Waals surface area (Å²) >= 11 is 0. The number of benzene rings is 2. The lowest BCUT2D eigenvalue weighted by Gasteiger charge is -2.52. The number of hydrogen-bond donors (Lipinski definition) is 1. The number of hydrogen-bond acceptors (Lipinski definition) is 2. The quantitative estimate of drug-likeness (QED) is 0.679. The number of carboxylic acids is 1. The first-order valence-electron chi connectivity index (χ1n) is 8.67.